The molecular weight excluding hydrogens is 296 g/mol. The van der Waals surface area contributed by atoms with Gasteiger partial charge in [-0.15, -0.1) is 0 Å². The van der Waals surface area contributed by atoms with E-state index in [0.29, 0.717) is 16.8 Å². The van der Waals surface area contributed by atoms with Crippen molar-refractivity contribution in [3.8, 4) is 0 Å². The van der Waals surface area contributed by atoms with E-state index in [1.165, 1.54) is 17.5 Å². The predicted octanol–water partition coefficient (Wildman–Crippen LogP) is 1.79. The third-order valence-electron chi connectivity index (χ3n) is 4.43. The van der Waals surface area contributed by atoms with Crippen LogP contribution >= 0.6 is 0 Å². The number of likely N-dealkylation sites (tertiary alicyclic amines) is 1. The lowest BCUT2D eigenvalue weighted by Crippen LogP contribution is -2.34. The molecule has 0 N–H and O–H groups in total. The van der Waals surface area contributed by atoms with E-state index in [1.807, 2.05) is 11.8 Å². The molecule has 0 radical (unpaired) electrons. The Bertz CT molecular complexity index is 769. The lowest BCUT2D eigenvalue weighted by atomic mass is 10.2. The summed E-state index contributed by atoms with van der Waals surface area (Å²) in [7, 11) is 0. The van der Waals surface area contributed by atoms with Crippen molar-refractivity contribution in [2.75, 3.05) is 13.1 Å². The molecule has 0 unspecified atom stereocenters. The van der Waals surface area contributed by atoms with Crippen molar-refractivity contribution in [3.63, 3.8) is 0 Å². The summed E-state index contributed by atoms with van der Waals surface area (Å²) in [6, 6.07) is 0. The largest absolute Gasteiger partial charge is 0.360 e. The van der Waals surface area contributed by atoms with Gasteiger partial charge in [0.05, 0.1) is 17.6 Å². The molecule has 7 heteroatoms. The third kappa shape index (κ3) is 3.13. The zero-order valence-electron chi connectivity index (χ0n) is 13.7. The highest BCUT2D eigenvalue weighted by molar-refractivity contribution is 5.81. The number of rotatable bonds is 3. The van der Waals surface area contributed by atoms with E-state index in [4.69, 9.17) is 4.52 Å². The molecule has 0 aliphatic carbocycles. The average molecular weight is 318 g/mol. The van der Waals surface area contributed by atoms with Gasteiger partial charge in [-0.1, -0.05) is 18.0 Å². The third-order valence-corrected chi connectivity index (χ3v) is 4.43. The second-order valence-corrected chi connectivity index (χ2v) is 6.12. The van der Waals surface area contributed by atoms with Crippen molar-refractivity contribution >= 4 is 16.8 Å². The van der Waals surface area contributed by atoms with Gasteiger partial charge in [0.15, 0.2) is 5.52 Å². The molecule has 2 aromatic heterocycles. The molecule has 3 heterocycles. The molecule has 0 aromatic carbocycles. The Morgan fingerprint density at radius 3 is 2.57 bits per heavy atom. The van der Waals surface area contributed by atoms with Crippen LogP contribution in [0.1, 0.15) is 43.6 Å². The van der Waals surface area contributed by atoms with Crippen LogP contribution in [-0.4, -0.2) is 38.8 Å². The number of hydrogen-bond acceptors (Lipinski definition) is 5. The Morgan fingerprint density at radius 2 is 1.87 bits per heavy atom. The molecule has 1 saturated heterocycles. The van der Waals surface area contributed by atoms with E-state index >= 15 is 0 Å². The second kappa shape index (κ2) is 6.52. The number of carbonyl (C=O) groups is 1. The fourth-order valence-corrected chi connectivity index (χ4v) is 3.17. The maximum absolute atomic E-state index is 12.4. The topological polar surface area (TPSA) is 81.2 Å². The Kier molecular flexibility index (Phi) is 4.45. The van der Waals surface area contributed by atoms with Crippen molar-refractivity contribution in [2.45, 2.75) is 52.5 Å². The monoisotopic (exact) mass is 318 g/mol. The van der Waals surface area contributed by atoms with Crippen LogP contribution in [0.4, 0.5) is 0 Å². The number of fused-ring (bicyclic) bond motifs is 1. The molecule has 1 amide bonds. The normalized spacial score (nSPS) is 15.8. The van der Waals surface area contributed by atoms with Gasteiger partial charge in [-0.25, -0.2) is 4.68 Å². The van der Waals surface area contributed by atoms with Gasteiger partial charge in [-0.3, -0.25) is 9.59 Å². The van der Waals surface area contributed by atoms with E-state index in [1.54, 1.807) is 6.92 Å². The smallest absolute Gasteiger partial charge is 0.296 e. The summed E-state index contributed by atoms with van der Waals surface area (Å²) in [5, 5.41) is 8.80. The zero-order chi connectivity index (χ0) is 16.4. The van der Waals surface area contributed by atoms with Gasteiger partial charge in [0.25, 0.3) is 5.56 Å². The fraction of sp³-hybridized carbons (Fsp3) is 0.625. The molecule has 2 aromatic rings. The van der Waals surface area contributed by atoms with Gasteiger partial charge < -0.3 is 9.42 Å². The van der Waals surface area contributed by atoms with E-state index in [-0.39, 0.29) is 29.9 Å². The van der Waals surface area contributed by atoms with Crippen molar-refractivity contribution in [2.24, 2.45) is 0 Å². The molecule has 124 valence electrons. The van der Waals surface area contributed by atoms with Crippen LogP contribution in [0.2, 0.25) is 0 Å². The first-order valence-corrected chi connectivity index (χ1v) is 8.19. The van der Waals surface area contributed by atoms with Crippen LogP contribution in [-0.2, 0) is 11.3 Å². The van der Waals surface area contributed by atoms with Crippen LogP contribution < -0.4 is 5.56 Å². The second-order valence-electron chi connectivity index (χ2n) is 6.12. The van der Waals surface area contributed by atoms with Gasteiger partial charge in [0.1, 0.15) is 5.76 Å². The van der Waals surface area contributed by atoms with E-state index < -0.39 is 0 Å². The van der Waals surface area contributed by atoms with Crippen LogP contribution in [0.3, 0.4) is 0 Å². The van der Waals surface area contributed by atoms with E-state index in [2.05, 4.69) is 10.3 Å². The van der Waals surface area contributed by atoms with Gasteiger partial charge in [-0.05, 0) is 26.7 Å². The van der Waals surface area contributed by atoms with Crippen molar-refractivity contribution < 1.29 is 9.32 Å². The average Bonchev–Trinajstić information content (AvgIpc) is 2.76. The number of carbonyl (C=O) groups excluding carboxylic acids is 1. The minimum atomic E-state index is -0.300. The lowest BCUT2D eigenvalue weighted by Gasteiger charge is -2.20. The molecule has 1 aliphatic rings. The van der Waals surface area contributed by atoms with Crippen molar-refractivity contribution in [3.05, 3.63) is 21.8 Å². The summed E-state index contributed by atoms with van der Waals surface area (Å²) in [5.41, 5.74) is 0.684. The molecule has 7 nitrogen and oxygen atoms in total. The van der Waals surface area contributed by atoms with Gasteiger partial charge in [0.2, 0.25) is 5.91 Å². The molecule has 3 rings (SSSR count). The molecule has 1 aliphatic heterocycles. The molecule has 1 fully saturated rings. The van der Waals surface area contributed by atoms with Crippen molar-refractivity contribution in [1.82, 2.24) is 19.8 Å². The molecular formula is C16H22N4O3. The highest BCUT2D eigenvalue weighted by Gasteiger charge is 2.18. The van der Waals surface area contributed by atoms with E-state index in [9.17, 15) is 9.59 Å². The van der Waals surface area contributed by atoms with Crippen LogP contribution in [0.25, 0.3) is 10.9 Å². The Hall–Kier alpha value is -2.18. The minimum absolute atomic E-state index is 0.0923. The minimum Gasteiger partial charge on any atom is -0.360 e. The summed E-state index contributed by atoms with van der Waals surface area (Å²) in [4.78, 5) is 26.6. The maximum atomic E-state index is 12.4. The summed E-state index contributed by atoms with van der Waals surface area (Å²) in [5.74, 6) is 0.685. The van der Waals surface area contributed by atoms with Gasteiger partial charge in [-0.2, -0.15) is 5.10 Å². The quantitative estimate of drug-likeness (QED) is 0.862. The maximum Gasteiger partial charge on any atom is 0.296 e. The number of aromatic nitrogens is 3. The standard InChI is InChI=1S/C16H22N4O3/c1-11-14-12(2)23-18-15(14)16(22)20(17-11)10-7-13(21)19-8-5-3-4-6-9-19/h3-10H2,1-2H3. The van der Waals surface area contributed by atoms with Crippen LogP contribution in [0.15, 0.2) is 9.32 Å². The molecule has 0 spiro atoms. The first-order chi connectivity index (χ1) is 11.1. The SMILES string of the molecule is Cc1nn(CCC(=O)N2CCCCCC2)c(=O)c2noc(C)c12. The number of hydrogen-bond donors (Lipinski definition) is 0. The first kappa shape index (κ1) is 15.7. The number of amides is 1. The summed E-state index contributed by atoms with van der Waals surface area (Å²) < 4.78 is 6.42. The Labute approximate surface area is 134 Å². The first-order valence-electron chi connectivity index (χ1n) is 8.19. The summed E-state index contributed by atoms with van der Waals surface area (Å²) in [6.45, 7) is 5.50. The highest BCUT2D eigenvalue weighted by atomic mass is 16.5. The van der Waals surface area contributed by atoms with Crippen LogP contribution in [0, 0.1) is 13.8 Å². The van der Waals surface area contributed by atoms with E-state index in [0.717, 1.165) is 25.9 Å². The molecule has 0 atom stereocenters. The zero-order valence-corrected chi connectivity index (χ0v) is 13.7. The lowest BCUT2D eigenvalue weighted by molar-refractivity contribution is -0.131. The van der Waals surface area contributed by atoms with Gasteiger partial charge in [0, 0.05) is 19.5 Å². The molecule has 0 saturated carbocycles. The summed E-state index contributed by atoms with van der Waals surface area (Å²) >= 11 is 0. The Balaban J connectivity index is 1.75. The van der Waals surface area contributed by atoms with Crippen LogP contribution in [0.5, 0.6) is 0 Å². The van der Waals surface area contributed by atoms with Crippen molar-refractivity contribution in [1.29, 1.82) is 0 Å². The highest BCUT2D eigenvalue weighted by Crippen LogP contribution is 2.16. The summed E-state index contributed by atoms with van der Waals surface area (Å²) in [6.07, 6.45) is 4.79. The Morgan fingerprint density at radius 1 is 1.17 bits per heavy atom. The number of aryl methyl sites for hydroxylation is 3. The molecule has 0 bridgehead atoms. The molecule has 23 heavy (non-hydrogen) atoms. The fourth-order valence-electron chi connectivity index (χ4n) is 3.17. The van der Waals surface area contributed by atoms with Gasteiger partial charge >= 0.3 is 0 Å². The predicted molar refractivity (Wildman–Crippen MR) is 85.2 cm³/mol. The number of nitrogens with zero attached hydrogens (tertiary/aromatic N) is 4.